The number of unbranched alkanes of at least 4 members (excludes halogenated alkanes) is 1. The Morgan fingerprint density at radius 1 is 0.750 bits per heavy atom. The summed E-state index contributed by atoms with van der Waals surface area (Å²) in [6.45, 7) is 6.90. The Bertz CT molecular complexity index is 895. The van der Waals surface area contributed by atoms with E-state index >= 15 is 0 Å². The third-order valence-electron chi connectivity index (χ3n) is 6.30. The van der Waals surface area contributed by atoms with Gasteiger partial charge in [0.15, 0.2) is 0 Å². The number of nitrogens with one attached hydrogen (secondary N) is 2. The number of nitrogens with two attached hydrogens (primary N) is 2. The number of aromatic nitrogens is 4. The first kappa shape index (κ1) is 30.1. The van der Waals surface area contributed by atoms with Crippen LogP contribution in [0, 0.1) is 23.7 Å². The van der Waals surface area contributed by atoms with Crippen LogP contribution in [0.1, 0.15) is 50.6 Å². The van der Waals surface area contributed by atoms with Crippen molar-refractivity contribution in [2.75, 3.05) is 23.8 Å². The lowest BCUT2D eigenvalue weighted by molar-refractivity contribution is -0.121. The Hall–Kier alpha value is -2.10. The number of hydrogen-bond donors (Lipinski definition) is 6. The minimum absolute atomic E-state index is 0.0760. The molecule has 14 heteroatoms. The summed E-state index contributed by atoms with van der Waals surface area (Å²) in [6, 6.07) is -0.903. The summed E-state index contributed by atoms with van der Waals surface area (Å²) in [7, 11) is 0. The van der Waals surface area contributed by atoms with Gasteiger partial charge in [-0.2, -0.15) is 0 Å². The van der Waals surface area contributed by atoms with Gasteiger partial charge < -0.3 is 32.3 Å². The van der Waals surface area contributed by atoms with Gasteiger partial charge in [0.2, 0.25) is 22.1 Å². The van der Waals surface area contributed by atoms with Gasteiger partial charge in [-0.3, -0.25) is 9.59 Å². The zero-order chi connectivity index (χ0) is 26.8. The lowest BCUT2D eigenvalue weighted by Crippen LogP contribution is -2.42. The van der Waals surface area contributed by atoms with E-state index in [-0.39, 0.29) is 36.9 Å². The normalized spacial score (nSPS) is 16.6. The molecule has 0 bridgehead atoms. The number of anilines is 2. The summed E-state index contributed by atoms with van der Waals surface area (Å²) in [5, 5.41) is 42.8. The molecule has 2 rings (SSSR count). The molecule has 0 spiro atoms. The maximum atomic E-state index is 12.4. The SMILES string of the molecule is CC(CO)C(N)C(C)C(=O)Nc1nnc(CCCCc2nnc(NC(=O)C(C)C(N)C(C)CO)s2)s1. The van der Waals surface area contributed by atoms with Crippen LogP contribution in [0.4, 0.5) is 10.3 Å². The van der Waals surface area contributed by atoms with Gasteiger partial charge in [-0.1, -0.05) is 50.4 Å². The molecule has 0 saturated heterocycles. The number of aliphatic hydroxyl groups is 2. The zero-order valence-electron chi connectivity index (χ0n) is 21.2. The Morgan fingerprint density at radius 2 is 1.11 bits per heavy atom. The fraction of sp³-hybridized carbons (Fsp3) is 0.727. The Balaban J connectivity index is 1.74. The number of amides is 2. The fourth-order valence-corrected chi connectivity index (χ4v) is 4.95. The highest BCUT2D eigenvalue weighted by Crippen LogP contribution is 2.22. The lowest BCUT2D eigenvalue weighted by atomic mass is 9.91. The van der Waals surface area contributed by atoms with Crippen LogP contribution in [-0.2, 0) is 22.4 Å². The summed E-state index contributed by atoms with van der Waals surface area (Å²) in [4.78, 5) is 24.8. The molecule has 202 valence electrons. The number of carbonyl (C=O) groups excluding carboxylic acids is 2. The van der Waals surface area contributed by atoms with Crippen molar-refractivity contribution < 1.29 is 19.8 Å². The van der Waals surface area contributed by atoms with Crippen molar-refractivity contribution in [1.82, 2.24) is 20.4 Å². The van der Waals surface area contributed by atoms with Crippen LogP contribution in [0.5, 0.6) is 0 Å². The molecule has 2 amide bonds. The first-order chi connectivity index (χ1) is 17.1. The number of rotatable bonds is 15. The average Bonchev–Trinajstić information content (AvgIpc) is 3.52. The van der Waals surface area contributed by atoms with Crippen molar-refractivity contribution >= 4 is 44.8 Å². The summed E-state index contributed by atoms with van der Waals surface area (Å²) < 4.78 is 0. The average molecular weight is 543 g/mol. The van der Waals surface area contributed by atoms with Crippen molar-refractivity contribution in [3.63, 3.8) is 0 Å². The molecule has 0 aliphatic heterocycles. The first-order valence-electron chi connectivity index (χ1n) is 12.1. The van der Waals surface area contributed by atoms with E-state index in [0.717, 1.165) is 22.9 Å². The second-order valence-electron chi connectivity index (χ2n) is 9.24. The van der Waals surface area contributed by atoms with Gasteiger partial charge in [-0.25, -0.2) is 0 Å². The molecular weight excluding hydrogens is 504 g/mol. The molecule has 8 N–H and O–H groups in total. The van der Waals surface area contributed by atoms with E-state index in [1.807, 2.05) is 0 Å². The molecular formula is C22H38N8O4S2. The number of hydrogen-bond acceptors (Lipinski definition) is 12. The molecule has 0 aliphatic rings. The Kier molecular flexibility index (Phi) is 12.2. The van der Waals surface area contributed by atoms with Gasteiger partial charge in [0, 0.05) is 38.1 Å². The molecule has 0 radical (unpaired) electrons. The minimum atomic E-state index is -0.467. The third-order valence-corrected chi connectivity index (χ3v) is 8.09. The smallest absolute Gasteiger partial charge is 0.230 e. The van der Waals surface area contributed by atoms with Gasteiger partial charge in [0.1, 0.15) is 10.0 Å². The predicted molar refractivity (Wildman–Crippen MR) is 140 cm³/mol. The van der Waals surface area contributed by atoms with E-state index in [0.29, 0.717) is 23.1 Å². The van der Waals surface area contributed by atoms with Gasteiger partial charge in [-0.15, -0.1) is 20.4 Å². The van der Waals surface area contributed by atoms with Crippen LogP contribution in [0.3, 0.4) is 0 Å². The van der Waals surface area contributed by atoms with Crippen molar-refractivity contribution in [2.24, 2.45) is 35.1 Å². The molecule has 0 fully saturated rings. The second-order valence-corrected chi connectivity index (χ2v) is 11.4. The second kappa shape index (κ2) is 14.6. The Labute approximate surface area is 219 Å². The van der Waals surface area contributed by atoms with Crippen molar-refractivity contribution in [3.05, 3.63) is 10.0 Å². The van der Waals surface area contributed by atoms with Crippen LogP contribution in [-0.4, -0.2) is 67.7 Å². The van der Waals surface area contributed by atoms with Crippen molar-refractivity contribution in [2.45, 2.75) is 65.5 Å². The maximum Gasteiger partial charge on any atom is 0.230 e. The van der Waals surface area contributed by atoms with Gasteiger partial charge in [-0.05, 0) is 24.7 Å². The van der Waals surface area contributed by atoms with Crippen LogP contribution >= 0.6 is 22.7 Å². The van der Waals surface area contributed by atoms with Crippen molar-refractivity contribution in [3.8, 4) is 0 Å². The predicted octanol–water partition coefficient (Wildman–Crippen LogP) is 1.02. The summed E-state index contributed by atoms with van der Waals surface area (Å²) in [6.07, 6.45) is 3.13. The Morgan fingerprint density at radius 3 is 1.44 bits per heavy atom. The fourth-order valence-electron chi connectivity index (χ4n) is 3.38. The number of carbonyl (C=O) groups is 2. The zero-order valence-corrected chi connectivity index (χ0v) is 22.8. The number of aliphatic hydroxyl groups excluding tert-OH is 2. The molecule has 0 aliphatic carbocycles. The van der Waals surface area contributed by atoms with E-state index in [2.05, 4.69) is 31.0 Å². The third kappa shape index (κ3) is 8.78. The quantitative estimate of drug-likeness (QED) is 0.176. The summed E-state index contributed by atoms with van der Waals surface area (Å²) >= 11 is 2.65. The topological polar surface area (TPSA) is 202 Å². The monoisotopic (exact) mass is 542 g/mol. The van der Waals surface area contributed by atoms with Crippen LogP contribution in [0.25, 0.3) is 0 Å². The molecule has 6 atom stereocenters. The molecule has 2 aromatic heterocycles. The molecule has 6 unspecified atom stereocenters. The van der Waals surface area contributed by atoms with E-state index < -0.39 is 23.9 Å². The van der Waals surface area contributed by atoms with E-state index in [1.54, 1.807) is 27.7 Å². The van der Waals surface area contributed by atoms with Gasteiger partial charge in [0.05, 0.1) is 11.8 Å². The highest BCUT2D eigenvalue weighted by molar-refractivity contribution is 7.15. The lowest BCUT2D eigenvalue weighted by Gasteiger charge is -2.23. The van der Waals surface area contributed by atoms with Gasteiger partial charge >= 0.3 is 0 Å². The largest absolute Gasteiger partial charge is 0.396 e. The highest BCUT2D eigenvalue weighted by Gasteiger charge is 2.27. The first-order valence-corrected chi connectivity index (χ1v) is 13.7. The van der Waals surface area contributed by atoms with E-state index in [4.69, 9.17) is 11.5 Å². The maximum absolute atomic E-state index is 12.4. The number of nitrogens with zero attached hydrogens (tertiary/aromatic N) is 4. The van der Waals surface area contributed by atoms with Crippen molar-refractivity contribution in [1.29, 1.82) is 0 Å². The molecule has 2 aromatic rings. The van der Waals surface area contributed by atoms with E-state index in [9.17, 15) is 19.8 Å². The van der Waals surface area contributed by atoms with E-state index in [1.165, 1.54) is 22.7 Å². The van der Waals surface area contributed by atoms with Crippen LogP contribution in [0.2, 0.25) is 0 Å². The van der Waals surface area contributed by atoms with Crippen LogP contribution < -0.4 is 22.1 Å². The molecule has 2 heterocycles. The summed E-state index contributed by atoms with van der Waals surface area (Å²) in [5.41, 5.74) is 12.1. The van der Waals surface area contributed by atoms with Crippen LogP contribution in [0.15, 0.2) is 0 Å². The highest BCUT2D eigenvalue weighted by atomic mass is 32.1. The number of aryl methyl sites for hydroxylation is 2. The standard InChI is InChI=1S/C22H38N8O4S2/c1-11(9-31)17(23)13(3)19(33)25-21-29-27-15(35-21)7-5-6-8-16-28-30-22(36-16)26-20(34)14(4)18(24)12(2)10-32/h11-14,17-18,31-32H,5-10,23-24H2,1-4H3,(H,25,29,33)(H,26,30,34). The molecule has 0 saturated carbocycles. The van der Waals surface area contributed by atoms with Gasteiger partial charge in [0.25, 0.3) is 0 Å². The molecule has 12 nitrogen and oxygen atoms in total. The minimum Gasteiger partial charge on any atom is -0.396 e. The summed E-state index contributed by atoms with van der Waals surface area (Å²) in [5.74, 6) is -1.79. The molecule has 0 aromatic carbocycles. The molecule has 36 heavy (non-hydrogen) atoms.